The Balaban J connectivity index is 1.06. The van der Waals surface area contributed by atoms with Crippen molar-refractivity contribution in [3.63, 3.8) is 0 Å². The first-order valence-electron chi connectivity index (χ1n) is 27.8. The molecule has 0 bridgehead atoms. The molecule has 0 radical (unpaired) electrons. The molecule has 4 aliphatic rings. The smallest absolute Gasteiger partial charge is 0.0714 e. The quantitative estimate of drug-likeness (QED) is 0.0689. The average molecular weight is 926 g/mol. The van der Waals surface area contributed by atoms with Crippen molar-refractivity contribution in [1.82, 2.24) is 0 Å². The van der Waals surface area contributed by atoms with Crippen LogP contribution in [0.4, 0.5) is 17.1 Å². The summed E-state index contributed by atoms with van der Waals surface area (Å²) in [6.07, 6.45) is 22.8. The van der Waals surface area contributed by atoms with E-state index in [0.717, 1.165) is 12.8 Å². The van der Waals surface area contributed by atoms with Crippen molar-refractivity contribution in [3.05, 3.63) is 232 Å². The van der Waals surface area contributed by atoms with Gasteiger partial charge in [-0.3, -0.25) is 0 Å². The fourth-order valence-electron chi connectivity index (χ4n) is 13.7. The van der Waals surface area contributed by atoms with Crippen LogP contribution in [-0.4, -0.2) is 0 Å². The number of rotatable bonds is 20. The highest BCUT2D eigenvalue weighted by Crippen LogP contribution is 2.61. The van der Waals surface area contributed by atoms with E-state index in [0.29, 0.717) is 0 Å². The lowest BCUT2D eigenvalue weighted by atomic mass is 9.65. The lowest BCUT2D eigenvalue weighted by Crippen LogP contribution is -2.30. The molecule has 4 aliphatic carbocycles. The fraction of sp³-hybridized carbons (Fsp3) is 0.314. The van der Waals surface area contributed by atoms with E-state index in [-0.39, 0.29) is 5.41 Å². The van der Waals surface area contributed by atoms with Crippen LogP contribution in [-0.2, 0) is 36.5 Å². The number of nitrogens with zero attached hydrogens (tertiary/aromatic N) is 1. The van der Waals surface area contributed by atoms with Crippen molar-refractivity contribution >= 4 is 17.1 Å². The van der Waals surface area contributed by atoms with Crippen molar-refractivity contribution in [2.24, 2.45) is 0 Å². The molecule has 0 saturated carbocycles. The molecule has 0 N–H and O–H groups in total. The number of hydrogen-bond donors (Lipinski definition) is 0. The monoisotopic (exact) mass is 926 g/mol. The van der Waals surface area contributed by atoms with E-state index >= 15 is 0 Å². The summed E-state index contributed by atoms with van der Waals surface area (Å²) >= 11 is 0. The molecule has 0 amide bonds. The maximum atomic E-state index is 2.66. The topological polar surface area (TPSA) is 3.24 Å². The van der Waals surface area contributed by atoms with Gasteiger partial charge in [0.05, 0.1) is 11.1 Å². The molecular formula is C70H71N. The lowest BCUT2D eigenvalue weighted by molar-refractivity contribution is 0.398. The van der Waals surface area contributed by atoms with Gasteiger partial charge in [-0.05, 0) is 152 Å². The van der Waals surface area contributed by atoms with Crippen molar-refractivity contribution < 1.29 is 0 Å². The average Bonchev–Trinajstić information content (AvgIpc) is 3.85. The predicted octanol–water partition coefficient (Wildman–Crippen LogP) is 19.2. The molecule has 0 fully saturated rings. The first kappa shape index (κ1) is 45.7. The van der Waals surface area contributed by atoms with Gasteiger partial charge >= 0.3 is 0 Å². The van der Waals surface area contributed by atoms with Gasteiger partial charge in [0, 0.05) is 22.4 Å². The van der Waals surface area contributed by atoms with E-state index in [1.807, 2.05) is 0 Å². The Hall–Kier alpha value is -6.44. The molecule has 0 atom stereocenters. The van der Waals surface area contributed by atoms with Crippen LogP contribution in [0.2, 0.25) is 0 Å². The minimum Gasteiger partial charge on any atom is -0.310 e. The van der Waals surface area contributed by atoms with Crippen LogP contribution >= 0.6 is 0 Å². The normalized spacial score (nSPS) is 14.8. The Morgan fingerprint density at radius 3 is 1.51 bits per heavy atom. The third kappa shape index (κ3) is 7.90. The van der Waals surface area contributed by atoms with Gasteiger partial charge < -0.3 is 4.90 Å². The maximum Gasteiger partial charge on any atom is 0.0714 e. The van der Waals surface area contributed by atoms with E-state index < -0.39 is 5.41 Å². The van der Waals surface area contributed by atoms with Crippen LogP contribution < -0.4 is 4.90 Å². The Morgan fingerprint density at radius 2 is 0.887 bits per heavy atom. The standard InChI is InChI=1S/C70H71N/c1-3-5-7-9-11-20-45-69(46-21-12-10-8-6-4-2)63-27-18-16-25-60(63)61-44-43-59(49-66(61)69)71(58-41-37-51(38-42-58)50-23-14-13-15-24-50)67-30-22-29-65-68(67)62-26-17-19-28-64(62)70(65,56-39-35-52-31-33-54(52)47-56)57-40-36-53-32-34-55(53)48-57/h13-19,22-30,35-44,47-49H,3-12,20-21,31-34,45-46H2,1-2H3. The summed E-state index contributed by atoms with van der Waals surface area (Å²) in [6, 6.07) is 69.1. The van der Waals surface area contributed by atoms with Crippen LogP contribution in [0.15, 0.2) is 176 Å². The van der Waals surface area contributed by atoms with E-state index in [9.17, 15) is 0 Å². The first-order chi connectivity index (χ1) is 35.1. The van der Waals surface area contributed by atoms with Crippen LogP contribution in [0.25, 0.3) is 33.4 Å². The molecule has 12 rings (SSSR count). The van der Waals surface area contributed by atoms with Gasteiger partial charge in [0.2, 0.25) is 0 Å². The summed E-state index contributed by atoms with van der Waals surface area (Å²) in [4.78, 5) is 2.64. The number of unbranched alkanes of at least 4 members (excludes halogenated alkanes) is 10. The zero-order valence-corrected chi connectivity index (χ0v) is 42.4. The molecular weight excluding hydrogens is 855 g/mol. The second kappa shape index (κ2) is 19.6. The van der Waals surface area contributed by atoms with E-state index in [1.165, 1.54) is 203 Å². The molecule has 0 aromatic heterocycles. The summed E-state index contributed by atoms with van der Waals surface area (Å²) in [5, 5.41) is 0. The number of fused-ring (bicyclic) bond motifs is 8. The molecule has 1 heteroatoms. The third-order valence-electron chi connectivity index (χ3n) is 17.6. The fourth-order valence-corrected chi connectivity index (χ4v) is 13.7. The molecule has 0 unspecified atom stereocenters. The Morgan fingerprint density at radius 1 is 0.366 bits per heavy atom. The predicted molar refractivity (Wildman–Crippen MR) is 301 cm³/mol. The molecule has 8 aromatic rings. The third-order valence-corrected chi connectivity index (χ3v) is 17.6. The highest BCUT2D eigenvalue weighted by Gasteiger charge is 2.49. The highest BCUT2D eigenvalue weighted by atomic mass is 15.1. The minimum absolute atomic E-state index is 0.0234. The molecule has 0 heterocycles. The number of benzene rings is 8. The second-order valence-corrected chi connectivity index (χ2v) is 21.6. The molecule has 0 saturated heterocycles. The van der Waals surface area contributed by atoms with Gasteiger partial charge in [-0.2, -0.15) is 0 Å². The van der Waals surface area contributed by atoms with E-state index in [4.69, 9.17) is 0 Å². The molecule has 0 spiro atoms. The van der Waals surface area contributed by atoms with E-state index in [1.54, 1.807) is 5.56 Å². The van der Waals surface area contributed by atoms with Crippen LogP contribution in [0.1, 0.15) is 159 Å². The number of anilines is 3. The SMILES string of the molecule is CCCCCCCCC1(CCCCCCCC)c2ccccc2-c2ccc(N(c3ccc(-c4ccccc4)cc3)c3cccc4c3-c3ccccc3C4(c3ccc4c(c3)CC4)c3ccc4c(c3)CC4)cc21. The zero-order chi connectivity index (χ0) is 47.8. The summed E-state index contributed by atoms with van der Waals surface area (Å²) < 4.78 is 0. The number of hydrogen-bond acceptors (Lipinski definition) is 1. The van der Waals surface area contributed by atoms with Gasteiger partial charge in [-0.25, -0.2) is 0 Å². The van der Waals surface area contributed by atoms with Gasteiger partial charge in [0.25, 0.3) is 0 Å². The van der Waals surface area contributed by atoms with Crippen molar-refractivity contribution in [1.29, 1.82) is 0 Å². The molecule has 8 aromatic carbocycles. The largest absolute Gasteiger partial charge is 0.310 e. The molecule has 71 heavy (non-hydrogen) atoms. The van der Waals surface area contributed by atoms with Gasteiger partial charge in [0.1, 0.15) is 0 Å². The maximum absolute atomic E-state index is 2.66. The molecule has 0 aliphatic heterocycles. The van der Waals surface area contributed by atoms with Crippen LogP contribution in [0.5, 0.6) is 0 Å². The highest BCUT2D eigenvalue weighted by molar-refractivity contribution is 5.98. The van der Waals surface area contributed by atoms with Crippen LogP contribution in [0, 0.1) is 0 Å². The Kier molecular flexibility index (Phi) is 12.6. The molecule has 356 valence electrons. The van der Waals surface area contributed by atoms with Crippen LogP contribution in [0.3, 0.4) is 0 Å². The summed E-state index contributed by atoms with van der Waals surface area (Å²) in [6.45, 7) is 4.67. The van der Waals surface area contributed by atoms with Crippen molar-refractivity contribution in [3.8, 4) is 33.4 Å². The van der Waals surface area contributed by atoms with E-state index in [2.05, 4.69) is 195 Å². The van der Waals surface area contributed by atoms with Gasteiger partial charge in [0.15, 0.2) is 0 Å². The zero-order valence-electron chi connectivity index (χ0n) is 42.4. The van der Waals surface area contributed by atoms with Gasteiger partial charge in [-0.1, -0.05) is 236 Å². The lowest BCUT2D eigenvalue weighted by Gasteiger charge is -2.37. The van der Waals surface area contributed by atoms with Gasteiger partial charge in [-0.15, -0.1) is 0 Å². The number of aryl methyl sites for hydroxylation is 4. The summed E-state index contributed by atoms with van der Waals surface area (Å²) in [7, 11) is 0. The Bertz CT molecular complexity index is 3120. The summed E-state index contributed by atoms with van der Waals surface area (Å²) in [5.74, 6) is 0. The minimum atomic E-state index is -0.455. The first-order valence-corrected chi connectivity index (χ1v) is 27.8. The second-order valence-electron chi connectivity index (χ2n) is 21.6. The summed E-state index contributed by atoms with van der Waals surface area (Å²) in [5.41, 5.74) is 25.9. The van der Waals surface area contributed by atoms with Crippen molar-refractivity contribution in [2.75, 3.05) is 4.90 Å². The molecule has 1 nitrogen and oxygen atoms in total. The Labute approximate surface area is 425 Å². The van der Waals surface area contributed by atoms with Crippen molar-refractivity contribution in [2.45, 2.75) is 140 Å².